The van der Waals surface area contributed by atoms with Crippen LogP contribution in [0.4, 0.5) is 5.95 Å². The fourth-order valence-corrected chi connectivity index (χ4v) is 4.54. The maximum absolute atomic E-state index is 13.4. The standard InChI is InChI=1S/C24H28N8O/c1-15-11-18(12-16(2)27-15)20-21(17-7-5-4-6-8-17)28-23(25)32-22(20)29-31(24(32)33)14-19-13-26-9-10-30(19)3/h4-8,11-12,19,26H,9-10,13-14H2,1-3H3,(H2,25,28)/t19-/m1/s1. The summed E-state index contributed by atoms with van der Waals surface area (Å²) >= 11 is 0. The molecule has 4 heterocycles. The maximum atomic E-state index is 13.4. The number of fused-ring (bicyclic) bond motifs is 1. The molecule has 9 nitrogen and oxygen atoms in total. The Morgan fingerprint density at radius 1 is 1.09 bits per heavy atom. The summed E-state index contributed by atoms with van der Waals surface area (Å²) in [5, 5.41) is 8.19. The summed E-state index contributed by atoms with van der Waals surface area (Å²) < 4.78 is 2.93. The van der Waals surface area contributed by atoms with Crippen molar-refractivity contribution in [3.8, 4) is 22.4 Å². The molecule has 0 saturated carbocycles. The topological polar surface area (TPSA) is 106 Å². The van der Waals surface area contributed by atoms with Gasteiger partial charge in [-0.25, -0.2) is 18.9 Å². The predicted molar refractivity (Wildman–Crippen MR) is 129 cm³/mol. The Hall–Kier alpha value is -3.56. The predicted octanol–water partition coefficient (Wildman–Crippen LogP) is 1.72. The molecule has 0 radical (unpaired) electrons. The van der Waals surface area contributed by atoms with Gasteiger partial charge in [0.2, 0.25) is 5.95 Å². The van der Waals surface area contributed by atoms with Crippen LogP contribution in [-0.4, -0.2) is 61.8 Å². The van der Waals surface area contributed by atoms with Crippen molar-refractivity contribution < 1.29 is 0 Å². The molecule has 33 heavy (non-hydrogen) atoms. The number of anilines is 1. The van der Waals surface area contributed by atoms with E-state index in [1.54, 1.807) is 0 Å². The zero-order chi connectivity index (χ0) is 23.1. The summed E-state index contributed by atoms with van der Waals surface area (Å²) in [6.45, 7) is 7.05. The second-order valence-electron chi connectivity index (χ2n) is 8.66. The molecular formula is C24H28N8O. The van der Waals surface area contributed by atoms with Gasteiger partial charge >= 0.3 is 5.69 Å². The zero-order valence-electron chi connectivity index (χ0n) is 19.1. The summed E-state index contributed by atoms with van der Waals surface area (Å²) in [5.74, 6) is 0.126. The number of likely N-dealkylation sites (N-methyl/N-ethyl adjacent to an activating group) is 1. The first-order valence-corrected chi connectivity index (χ1v) is 11.1. The van der Waals surface area contributed by atoms with Gasteiger partial charge in [0, 0.05) is 42.6 Å². The zero-order valence-corrected chi connectivity index (χ0v) is 19.1. The molecule has 3 aromatic heterocycles. The fraction of sp³-hybridized carbons (Fsp3) is 0.333. The number of benzene rings is 1. The fourth-order valence-electron chi connectivity index (χ4n) is 4.54. The molecule has 3 N–H and O–H groups in total. The van der Waals surface area contributed by atoms with Gasteiger partial charge in [-0.2, -0.15) is 0 Å². The number of hydrogen-bond donors (Lipinski definition) is 2. The third-order valence-corrected chi connectivity index (χ3v) is 6.20. The minimum Gasteiger partial charge on any atom is -0.369 e. The lowest BCUT2D eigenvalue weighted by molar-refractivity contribution is 0.176. The summed E-state index contributed by atoms with van der Waals surface area (Å²) in [6, 6.07) is 14.0. The molecule has 1 fully saturated rings. The Kier molecular flexibility index (Phi) is 5.43. The molecule has 1 aliphatic rings. The van der Waals surface area contributed by atoms with Crippen LogP contribution in [0.25, 0.3) is 28.0 Å². The van der Waals surface area contributed by atoms with Crippen molar-refractivity contribution in [1.82, 2.24) is 34.4 Å². The van der Waals surface area contributed by atoms with Gasteiger partial charge in [-0.15, -0.1) is 5.10 Å². The molecular weight excluding hydrogens is 416 g/mol. The Labute approximate surface area is 191 Å². The van der Waals surface area contributed by atoms with Gasteiger partial charge in [-0.05, 0) is 38.6 Å². The highest BCUT2D eigenvalue weighted by molar-refractivity contribution is 5.90. The number of pyridine rings is 1. The lowest BCUT2D eigenvalue weighted by Crippen LogP contribution is -2.51. The SMILES string of the molecule is Cc1cc(-c2c(-c3ccccc3)nc(N)n3c(=O)n(C[C@H]4CNCCN4C)nc23)cc(C)n1. The number of nitrogens with zero attached hydrogens (tertiary/aromatic N) is 6. The third kappa shape index (κ3) is 3.90. The van der Waals surface area contributed by atoms with Crippen LogP contribution in [0.1, 0.15) is 11.4 Å². The van der Waals surface area contributed by atoms with Crippen molar-refractivity contribution >= 4 is 11.6 Å². The molecule has 1 aliphatic heterocycles. The van der Waals surface area contributed by atoms with Crippen LogP contribution in [0, 0.1) is 13.8 Å². The van der Waals surface area contributed by atoms with E-state index in [2.05, 4.69) is 27.2 Å². The van der Waals surface area contributed by atoms with Gasteiger partial charge in [0.25, 0.3) is 0 Å². The summed E-state index contributed by atoms with van der Waals surface area (Å²) in [6.07, 6.45) is 0. The third-order valence-electron chi connectivity index (χ3n) is 6.20. The van der Waals surface area contributed by atoms with Crippen LogP contribution in [0.3, 0.4) is 0 Å². The molecule has 1 saturated heterocycles. The molecule has 0 spiro atoms. The van der Waals surface area contributed by atoms with E-state index < -0.39 is 0 Å². The molecule has 1 atom stereocenters. The molecule has 0 unspecified atom stereocenters. The molecule has 170 valence electrons. The van der Waals surface area contributed by atoms with Gasteiger partial charge in [0.05, 0.1) is 17.8 Å². The summed E-state index contributed by atoms with van der Waals surface area (Å²) in [4.78, 5) is 24.8. The minimum atomic E-state index is -0.280. The number of nitrogen functional groups attached to an aromatic ring is 1. The van der Waals surface area contributed by atoms with E-state index in [9.17, 15) is 4.79 Å². The second-order valence-corrected chi connectivity index (χ2v) is 8.66. The lowest BCUT2D eigenvalue weighted by atomic mass is 9.99. The van der Waals surface area contributed by atoms with Crippen LogP contribution < -0.4 is 16.7 Å². The van der Waals surface area contributed by atoms with Crippen LogP contribution >= 0.6 is 0 Å². The van der Waals surface area contributed by atoms with Crippen LogP contribution in [0.5, 0.6) is 0 Å². The number of nitrogens with one attached hydrogen (secondary N) is 1. The van der Waals surface area contributed by atoms with Gasteiger partial charge in [0.15, 0.2) is 5.65 Å². The molecule has 5 rings (SSSR count). The number of hydrogen-bond acceptors (Lipinski definition) is 7. The second kappa shape index (κ2) is 8.42. The monoisotopic (exact) mass is 444 g/mol. The van der Waals surface area contributed by atoms with Crippen molar-refractivity contribution in [3.63, 3.8) is 0 Å². The summed E-state index contributed by atoms with van der Waals surface area (Å²) in [5.41, 5.74) is 11.6. The molecule has 0 bridgehead atoms. The molecule has 9 heteroatoms. The van der Waals surface area contributed by atoms with Crippen LogP contribution in [0.15, 0.2) is 47.3 Å². The van der Waals surface area contributed by atoms with Crippen molar-refractivity contribution in [2.45, 2.75) is 26.4 Å². The normalized spacial score (nSPS) is 17.0. The van der Waals surface area contributed by atoms with Gasteiger partial charge in [-0.3, -0.25) is 9.88 Å². The van der Waals surface area contributed by atoms with Crippen molar-refractivity contribution in [3.05, 3.63) is 64.3 Å². The van der Waals surface area contributed by atoms with Crippen molar-refractivity contribution in [1.29, 1.82) is 0 Å². The number of aromatic nitrogens is 5. The van der Waals surface area contributed by atoms with E-state index in [1.165, 1.54) is 9.08 Å². The summed E-state index contributed by atoms with van der Waals surface area (Å²) in [7, 11) is 2.07. The smallest absolute Gasteiger partial charge is 0.353 e. The largest absolute Gasteiger partial charge is 0.369 e. The van der Waals surface area contributed by atoms with Crippen LogP contribution in [-0.2, 0) is 6.54 Å². The lowest BCUT2D eigenvalue weighted by Gasteiger charge is -2.32. The number of aryl methyl sites for hydroxylation is 2. The van der Waals surface area contributed by atoms with E-state index in [-0.39, 0.29) is 17.7 Å². The van der Waals surface area contributed by atoms with Gasteiger partial charge < -0.3 is 11.1 Å². The first kappa shape index (κ1) is 21.3. The van der Waals surface area contributed by atoms with Crippen LogP contribution in [0.2, 0.25) is 0 Å². The molecule has 4 aromatic rings. The van der Waals surface area contributed by atoms with E-state index in [1.807, 2.05) is 56.3 Å². The molecule has 0 amide bonds. The van der Waals surface area contributed by atoms with Gasteiger partial charge in [0.1, 0.15) is 0 Å². The van der Waals surface area contributed by atoms with Gasteiger partial charge in [-0.1, -0.05) is 30.3 Å². The van der Waals surface area contributed by atoms with Crippen molar-refractivity contribution in [2.75, 3.05) is 32.4 Å². The molecule has 1 aromatic carbocycles. The molecule has 0 aliphatic carbocycles. The minimum absolute atomic E-state index is 0.126. The Bertz CT molecular complexity index is 1350. The van der Waals surface area contributed by atoms with E-state index in [4.69, 9.17) is 10.8 Å². The number of nitrogens with two attached hydrogens (primary N) is 1. The maximum Gasteiger partial charge on any atom is 0.353 e. The first-order chi connectivity index (χ1) is 15.9. The van der Waals surface area contributed by atoms with E-state index >= 15 is 0 Å². The Morgan fingerprint density at radius 2 is 1.82 bits per heavy atom. The quantitative estimate of drug-likeness (QED) is 0.494. The first-order valence-electron chi connectivity index (χ1n) is 11.1. The Morgan fingerprint density at radius 3 is 2.52 bits per heavy atom. The Balaban J connectivity index is 1.77. The average molecular weight is 445 g/mol. The highest BCUT2D eigenvalue weighted by atomic mass is 16.2. The highest BCUT2D eigenvalue weighted by Crippen LogP contribution is 2.34. The average Bonchev–Trinajstić information content (AvgIpc) is 3.11. The highest BCUT2D eigenvalue weighted by Gasteiger charge is 2.25. The number of piperazine rings is 1. The number of rotatable bonds is 4. The van der Waals surface area contributed by atoms with E-state index in [0.717, 1.165) is 47.7 Å². The van der Waals surface area contributed by atoms with Crippen molar-refractivity contribution in [2.24, 2.45) is 0 Å². The van der Waals surface area contributed by atoms with E-state index in [0.29, 0.717) is 17.9 Å².